The fourth-order valence-electron chi connectivity index (χ4n) is 4.43. The van der Waals surface area contributed by atoms with Gasteiger partial charge in [-0.3, -0.25) is 15.1 Å². The molecule has 0 atom stereocenters. The van der Waals surface area contributed by atoms with Crippen LogP contribution in [0.2, 0.25) is 0 Å². The Morgan fingerprint density at radius 1 is 1.11 bits per heavy atom. The van der Waals surface area contributed by atoms with Crippen LogP contribution in [-0.4, -0.2) is 55.3 Å². The lowest BCUT2D eigenvalue weighted by Crippen LogP contribution is -2.39. The SMILES string of the molecule is CC(C)(C)CN(Cc1ccc(CN2CCC(C(=O)Nn3cnnc3)CC2)cc1)c1ccnc(C#N)n1. The van der Waals surface area contributed by atoms with Crippen LogP contribution in [0.15, 0.2) is 49.2 Å². The summed E-state index contributed by atoms with van der Waals surface area (Å²) in [5.74, 6) is 0.964. The molecule has 1 aliphatic heterocycles. The summed E-state index contributed by atoms with van der Waals surface area (Å²) in [7, 11) is 0. The van der Waals surface area contributed by atoms with E-state index in [-0.39, 0.29) is 23.1 Å². The number of nitrogens with one attached hydrogen (secondary N) is 1. The molecule has 4 rings (SSSR count). The molecule has 1 aliphatic rings. The molecule has 2 aromatic heterocycles. The quantitative estimate of drug-likeness (QED) is 0.516. The molecule has 3 aromatic rings. The standard InChI is InChI=1S/C26H33N9O/c1-26(2,3)17-34(24-8-11-28-23(14-27)31-24)16-21-6-4-20(5-7-21)15-33-12-9-22(10-13-33)25(36)32-35-18-29-30-19-35/h4-8,11,18-19,22H,9-10,12-13,15-17H2,1-3H3,(H,32,36). The number of nitriles is 1. The molecule has 1 fully saturated rings. The molecule has 10 nitrogen and oxygen atoms in total. The summed E-state index contributed by atoms with van der Waals surface area (Å²) in [6, 6.07) is 12.6. The minimum Gasteiger partial charge on any atom is -0.352 e. The maximum absolute atomic E-state index is 12.4. The molecular weight excluding hydrogens is 454 g/mol. The van der Waals surface area contributed by atoms with Crippen LogP contribution < -0.4 is 10.3 Å². The first-order chi connectivity index (χ1) is 17.3. The van der Waals surface area contributed by atoms with Crippen molar-refractivity contribution >= 4 is 11.7 Å². The molecule has 0 unspecified atom stereocenters. The van der Waals surface area contributed by atoms with Gasteiger partial charge in [0, 0.05) is 31.7 Å². The van der Waals surface area contributed by atoms with Crippen LogP contribution in [0.5, 0.6) is 0 Å². The summed E-state index contributed by atoms with van der Waals surface area (Å²) in [5, 5.41) is 16.6. The molecule has 10 heteroatoms. The van der Waals surface area contributed by atoms with Crippen molar-refractivity contribution in [3.63, 3.8) is 0 Å². The van der Waals surface area contributed by atoms with E-state index in [1.807, 2.05) is 12.1 Å². The van der Waals surface area contributed by atoms with Crippen molar-refractivity contribution in [3.8, 4) is 6.07 Å². The third-order valence-corrected chi connectivity index (χ3v) is 6.15. The number of anilines is 1. The average molecular weight is 488 g/mol. The number of likely N-dealkylation sites (tertiary alicyclic amines) is 1. The van der Waals surface area contributed by atoms with E-state index < -0.39 is 0 Å². The van der Waals surface area contributed by atoms with Crippen LogP contribution in [0.1, 0.15) is 50.6 Å². The van der Waals surface area contributed by atoms with Crippen molar-refractivity contribution in [2.45, 2.75) is 46.7 Å². The Morgan fingerprint density at radius 2 is 1.78 bits per heavy atom. The van der Waals surface area contributed by atoms with Crippen molar-refractivity contribution in [1.29, 1.82) is 5.26 Å². The van der Waals surface area contributed by atoms with Crippen LogP contribution in [0.25, 0.3) is 0 Å². The molecule has 1 aromatic carbocycles. The van der Waals surface area contributed by atoms with E-state index >= 15 is 0 Å². The predicted octanol–water partition coefficient (Wildman–Crippen LogP) is 2.97. The highest BCUT2D eigenvalue weighted by Gasteiger charge is 2.25. The lowest BCUT2D eigenvalue weighted by molar-refractivity contribution is -0.122. The summed E-state index contributed by atoms with van der Waals surface area (Å²) in [6.07, 6.45) is 6.27. The highest BCUT2D eigenvalue weighted by molar-refractivity contribution is 5.86. The van der Waals surface area contributed by atoms with Gasteiger partial charge in [0.05, 0.1) is 0 Å². The molecule has 0 aliphatic carbocycles. The summed E-state index contributed by atoms with van der Waals surface area (Å²) in [5.41, 5.74) is 5.32. The summed E-state index contributed by atoms with van der Waals surface area (Å²) < 4.78 is 1.49. The zero-order valence-corrected chi connectivity index (χ0v) is 21.1. The predicted molar refractivity (Wildman–Crippen MR) is 136 cm³/mol. The molecule has 0 saturated carbocycles. The molecular formula is C26H33N9O. The number of aromatic nitrogens is 5. The van der Waals surface area contributed by atoms with Crippen molar-refractivity contribution < 1.29 is 4.79 Å². The Balaban J connectivity index is 1.32. The largest absolute Gasteiger partial charge is 0.352 e. The summed E-state index contributed by atoms with van der Waals surface area (Å²) in [4.78, 5) is 25.5. The second-order valence-electron chi connectivity index (χ2n) is 10.5. The fourth-order valence-corrected chi connectivity index (χ4v) is 4.43. The zero-order chi connectivity index (χ0) is 25.5. The van der Waals surface area contributed by atoms with Crippen LogP contribution >= 0.6 is 0 Å². The minimum atomic E-state index is 0.00294. The van der Waals surface area contributed by atoms with E-state index in [0.717, 1.165) is 44.8 Å². The van der Waals surface area contributed by atoms with Crippen molar-refractivity contribution in [2.75, 3.05) is 30.0 Å². The number of piperidine rings is 1. The van der Waals surface area contributed by atoms with Crippen LogP contribution in [0.3, 0.4) is 0 Å². The van der Waals surface area contributed by atoms with E-state index in [4.69, 9.17) is 0 Å². The molecule has 188 valence electrons. The van der Waals surface area contributed by atoms with Crippen molar-refractivity contribution in [3.05, 3.63) is 66.1 Å². The van der Waals surface area contributed by atoms with Gasteiger partial charge in [0.1, 0.15) is 24.5 Å². The highest BCUT2D eigenvalue weighted by Crippen LogP contribution is 2.23. The van der Waals surface area contributed by atoms with Crippen molar-refractivity contribution in [1.82, 2.24) is 29.7 Å². The number of carbonyl (C=O) groups is 1. The van der Waals surface area contributed by atoms with Gasteiger partial charge in [0.2, 0.25) is 11.7 Å². The Kier molecular flexibility index (Phi) is 7.90. The Morgan fingerprint density at radius 3 is 2.42 bits per heavy atom. The molecule has 0 spiro atoms. The lowest BCUT2D eigenvalue weighted by atomic mass is 9.95. The highest BCUT2D eigenvalue weighted by atomic mass is 16.2. The number of nitrogens with zero attached hydrogens (tertiary/aromatic N) is 8. The zero-order valence-electron chi connectivity index (χ0n) is 21.1. The maximum atomic E-state index is 12.4. The molecule has 3 heterocycles. The van der Waals surface area contributed by atoms with Gasteiger partial charge in [0.25, 0.3) is 0 Å². The summed E-state index contributed by atoms with van der Waals surface area (Å²) in [6.45, 7) is 10.7. The number of amides is 1. The first kappa shape index (κ1) is 25.3. The van der Waals surface area contributed by atoms with Gasteiger partial charge >= 0.3 is 0 Å². The second kappa shape index (κ2) is 11.3. The number of hydrogen-bond acceptors (Lipinski definition) is 8. The first-order valence-corrected chi connectivity index (χ1v) is 12.2. The maximum Gasteiger partial charge on any atom is 0.242 e. The molecule has 1 amide bonds. The van der Waals surface area contributed by atoms with Gasteiger partial charge in [0.15, 0.2) is 0 Å². The van der Waals surface area contributed by atoms with Crippen LogP contribution in [-0.2, 0) is 17.9 Å². The number of benzene rings is 1. The Labute approximate surface area is 212 Å². The van der Waals surface area contributed by atoms with Crippen LogP contribution in [0, 0.1) is 22.7 Å². The molecule has 1 N–H and O–H groups in total. The van der Waals surface area contributed by atoms with Gasteiger partial charge < -0.3 is 4.90 Å². The third-order valence-electron chi connectivity index (χ3n) is 6.15. The third kappa shape index (κ3) is 7.09. The Hall–Kier alpha value is -3.84. The van der Waals surface area contributed by atoms with Crippen molar-refractivity contribution in [2.24, 2.45) is 11.3 Å². The van der Waals surface area contributed by atoms with Gasteiger partial charge in [-0.05, 0) is 48.5 Å². The van der Waals surface area contributed by atoms with Gasteiger partial charge in [-0.2, -0.15) is 5.26 Å². The molecule has 1 saturated heterocycles. The normalized spacial score (nSPS) is 14.8. The summed E-state index contributed by atoms with van der Waals surface area (Å²) >= 11 is 0. The number of hydrogen-bond donors (Lipinski definition) is 1. The molecule has 0 radical (unpaired) electrons. The average Bonchev–Trinajstić information content (AvgIpc) is 3.37. The first-order valence-electron chi connectivity index (χ1n) is 12.2. The fraction of sp³-hybridized carbons (Fsp3) is 0.462. The van der Waals surface area contributed by atoms with Gasteiger partial charge in [-0.25, -0.2) is 14.6 Å². The van der Waals surface area contributed by atoms with E-state index in [0.29, 0.717) is 6.54 Å². The molecule has 36 heavy (non-hydrogen) atoms. The number of carbonyl (C=O) groups excluding carboxylic acids is 1. The van der Waals surface area contributed by atoms with E-state index in [1.165, 1.54) is 28.5 Å². The topological polar surface area (TPSA) is 116 Å². The van der Waals surface area contributed by atoms with E-state index in [1.54, 1.807) is 6.20 Å². The second-order valence-corrected chi connectivity index (χ2v) is 10.5. The molecule has 0 bridgehead atoms. The minimum absolute atomic E-state index is 0.00294. The van der Waals surface area contributed by atoms with Crippen LogP contribution in [0.4, 0.5) is 5.82 Å². The van der Waals surface area contributed by atoms with Gasteiger partial charge in [-0.15, -0.1) is 10.2 Å². The number of rotatable bonds is 8. The van der Waals surface area contributed by atoms with Gasteiger partial charge in [-0.1, -0.05) is 45.0 Å². The monoisotopic (exact) mass is 487 g/mol. The van der Waals surface area contributed by atoms with E-state index in [2.05, 4.69) is 80.4 Å². The Bertz CT molecular complexity index is 1170. The smallest absolute Gasteiger partial charge is 0.242 e. The van der Waals surface area contributed by atoms with E-state index in [9.17, 15) is 10.1 Å². The lowest BCUT2D eigenvalue weighted by Gasteiger charge is -2.32.